The molecule has 1 atom stereocenters. The van der Waals surface area contributed by atoms with Crippen molar-refractivity contribution in [2.45, 2.75) is 33.2 Å². The minimum Gasteiger partial charge on any atom is -0.480 e. The standard InChI is InChI=1S/C16H23NO4/c1-16(2,3)9-13(12-7-5-4-6-8-12)17-14(18)10-21-11-15(19)20/h4-8,13H,9-11H2,1-3H3,(H,17,18)(H,19,20). The van der Waals surface area contributed by atoms with Crippen LogP contribution in [-0.2, 0) is 14.3 Å². The van der Waals surface area contributed by atoms with Gasteiger partial charge in [-0.3, -0.25) is 4.79 Å². The quantitative estimate of drug-likeness (QED) is 0.809. The number of amides is 1. The van der Waals surface area contributed by atoms with E-state index in [-0.39, 0.29) is 24.0 Å². The molecule has 5 nitrogen and oxygen atoms in total. The Morgan fingerprint density at radius 3 is 2.33 bits per heavy atom. The maximum atomic E-state index is 11.9. The maximum absolute atomic E-state index is 11.9. The smallest absolute Gasteiger partial charge is 0.329 e. The number of carboxylic acids is 1. The molecule has 5 heteroatoms. The number of carbonyl (C=O) groups is 2. The number of aliphatic carboxylic acids is 1. The highest BCUT2D eigenvalue weighted by molar-refractivity contribution is 5.78. The summed E-state index contributed by atoms with van der Waals surface area (Å²) in [5.41, 5.74) is 1.08. The molecule has 0 saturated heterocycles. The Kier molecular flexibility index (Phi) is 6.37. The number of carboxylic acid groups (broad SMARTS) is 1. The van der Waals surface area contributed by atoms with Gasteiger partial charge >= 0.3 is 5.97 Å². The van der Waals surface area contributed by atoms with Crippen LogP contribution in [0.2, 0.25) is 0 Å². The molecule has 0 heterocycles. The molecule has 1 aromatic rings. The third kappa shape index (κ3) is 7.46. The molecular weight excluding hydrogens is 270 g/mol. The van der Waals surface area contributed by atoms with Crippen LogP contribution in [0.5, 0.6) is 0 Å². The first-order chi connectivity index (χ1) is 9.78. The highest BCUT2D eigenvalue weighted by Gasteiger charge is 2.21. The van der Waals surface area contributed by atoms with Crippen LogP contribution in [0.3, 0.4) is 0 Å². The lowest BCUT2D eigenvalue weighted by atomic mass is 9.85. The maximum Gasteiger partial charge on any atom is 0.329 e. The van der Waals surface area contributed by atoms with Crippen LogP contribution in [0, 0.1) is 5.41 Å². The van der Waals surface area contributed by atoms with Crippen molar-refractivity contribution in [2.24, 2.45) is 5.41 Å². The SMILES string of the molecule is CC(C)(C)CC(NC(=O)COCC(=O)O)c1ccccc1. The predicted molar refractivity (Wildman–Crippen MR) is 79.9 cm³/mol. The average molecular weight is 293 g/mol. The Bertz CT molecular complexity index is 465. The molecular formula is C16H23NO4. The summed E-state index contributed by atoms with van der Waals surface area (Å²) in [4.78, 5) is 22.2. The summed E-state index contributed by atoms with van der Waals surface area (Å²) in [6.07, 6.45) is 0.779. The van der Waals surface area contributed by atoms with E-state index in [2.05, 4.69) is 26.1 Å². The number of ether oxygens (including phenoxy) is 1. The van der Waals surface area contributed by atoms with Gasteiger partial charge in [0.1, 0.15) is 13.2 Å². The summed E-state index contributed by atoms with van der Waals surface area (Å²) in [5.74, 6) is -1.40. The van der Waals surface area contributed by atoms with Crippen molar-refractivity contribution in [3.8, 4) is 0 Å². The van der Waals surface area contributed by atoms with E-state index in [1.165, 1.54) is 0 Å². The minimum atomic E-state index is -1.09. The molecule has 0 spiro atoms. The van der Waals surface area contributed by atoms with E-state index in [1.54, 1.807) is 0 Å². The zero-order valence-electron chi connectivity index (χ0n) is 12.8. The number of nitrogens with one attached hydrogen (secondary N) is 1. The molecule has 0 fully saturated rings. The lowest BCUT2D eigenvalue weighted by Gasteiger charge is -2.27. The summed E-state index contributed by atoms with van der Waals surface area (Å²) < 4.78 is 4.81. The molecule has 0 aliphatic rings. The van der Waals surface area contributed by atoms with Crippen LogP contribution < -0.4 is 5.32 Å². The first-order valence-electron chi connectivity index (χ1n) is 6.92. The van der Waals surface area contributed by atoms with Crippen molar-refractivity contribution in [3.63, 3.8) is 0 Å². The molecule has 1 aromatic carbocycles. The second-order valence-electron chi connectivity index (χ2n) is 6.18. The lowest BCUT2D eigenvalue weighted by molar-refractivity contribution is -0.143. The van der Waals surface area contributed by atoms with E-state index >= 15 is 0 Å². The Morgan fingerprint density at radius 1 is 1.19 bits per heavy atom. The van der Waals surface area contributed by atoms with Gasteiger partial charge in [-0.05, 0) is 17.4 Å². The van der Waals surface area contributed by atoms with Gasteiger partial charge in [0.05, 0.1) is 6.04 Å². The summed E-state index contributed by atoms with van der Waals surface area (Å²) in [6, 6.07) is 9.60. The minimum absolute atomic E-state index is 0.0513. The van der Waals surface area contributed by atoms with Crippen LogP contribution in [0.25, 0.3) is 0 Å². The fourth-order valence-electron chi connectivity index (χ4n) is 2.02. The largest absolute Gasteiger partial charge is 0.480 e. The predicted octanol–water partition coefficient (Wildman–Crippen LogP) is 2.38. The Balaban J connectivity index is 2.65. The molecule has 0 saturated carbocycles. The van der Waals surface area contributed by atoms with E-state index in [9.17, 15) is 9.59 Å². The third-order valence-corrected chi connectivity index (χ3v) is 2.81. The van der Waals surface area contributed by atoms with E-state index in [0.29, 0.717) is 0 Å². The van der Waals surface area contributed by atoms with Gasteiger partial charge < -0.3 is 15.2 Å². The summed E-state index contributed by atoms with van der Waals surface area (Å²) in [6.45, 7) is 5.60. The molecule has 0 bridgehead atoms. The molecule has 0 aliphatic carbocycles. The zero-order chi connectivity index (χ0) is 15.9. The van der Waals surface area contributed by atoms with Gasteiger partial charge in [-0.1, -0.05) is 51.1 Å². The number of benzene rings is 1. The number of hydrogen-bond donors (Lipinski definition) is 2. The molecule has 1 amide bonds. The van der Waals surface area contributed by atoms with Crippen LogP contribution in [0.4, 0.5) is 0 Å². The van der Waals surface area contributed by atoms with Crippen LogP contribution in [-0.4, -0.2) is 30.2 Å². The van der Waals surface area contributed by atoms with Gasteiger partial charge in [-0.25, -0.2) is 4.79 Å². The molecule has 1 rings (SSSR count). The van der Waals surface area contributed by atoms with Gasteiger partial charge in [0.15, 0.2) is 0 Å². The van der Waals surface area contributed by atoms with Crippen LogP contribution >= 0.6 is 0 Å². The monoisotopic (exact) mass is 293 g/mol. The molecule has 0 aromatic heterocycles. The van der Waals surface area contributed by atoms with Crippen molar-refractivity contribution in [1.29, 1.82) is 0 Å². The van der Waals surface area contributed by atoms with Crippen LogP contribution in [0.1, 0.15) is 38.8 Å². The Labute approximate surface area is 125 Å². The topological polar surface area (TPSA) is 75.6 Å². The average Bonchev–Trinajstić information content (AvgIpc) is 2.37. The highest BCUT2D eigenvalue weighted by atomic mass is 16.5. The van der Waals surface area contributed by atoms with Crippen molar-refractivity contribution < 1.29 is 19.4 Å². The Morgan fingerprint density at radius 2 is 1.81 bits per heavy atom. The van der Waals surface area contributed by atoms with Gasteiger partial charge in [-0.15, -0.1) is 0 Å². The fourth-order valence-corrected chi connectivity index (χ4v) is 2.02. The molecule has 0 aliphatic heterocycles. The normalized spacial score (nSPS) is 12.7. The fraction of sp³-hybridized carbons (Fsp3) is 0.500. The highest BCUT2D eigenvalue weighted by Crippen LogP contribution is 2.29. The lowest BCUT2D eigenvalue weighted by Crippen LogP contribution is -2.34. The molecule has 116 valence electrons. The van der Waals surface area contributed by atoms with E-state index in [4.69, 9.17) is 9.84 Å². The zero-order valence-corrected chi connectivity index (χ0v) is 12.8. The van der Waals surface area contributed by atoms with Crippen LogP contribution in [0.15, 0.2) is 30.3 Å². The van der Waals surface area contributed by atoms with E-state index in [1.807, 2.05) is 30.3 Å². The number of carbonyl (C=O) groups excluding carboxylic acids is 1. The van der Waals surface area contributed by atoms with Crippen molar-refractivity contribution >= 4 is 11.9 Å². The van der Waals surface area contributed by atoms with E-state index in [0.717, 1.165) is 12.0 Å². The van der Waals surface area contributed by atoms with Crippen molar-refractivity contribution in [1.82, 2.24) is 5.32 Å². The van der Waals surface area contributed by atoms with Crippen molar-refractivity contribution in [2.75, 3.05) is 13.2 Å². The summed E-state index contributed by atoms with van der Waals surface area (Å²) >= 11 is 0. The van der Waals surface area contributed by atoms with Gasteiger partial charge in [0, 0.05) is 0 Å². The van der Waals surface area contributed by atoms with E-state index < -0.39 is 12.6 Å². The second-order valence-corrected chi connectivity index (χ2v) is 6.18. The molecule has 0 radical (unpaired) electrons. The summed E-state index contributed by atoms with van der Waals surface area (Å²) in [7, 11) is 0. The van der Waals surface area contributed by atoms with Gasteiger partial charge in [0.25, 0.3) is 0 Å². The number of rotatable bonds is 7. The first-order valence-corrected chi connectivity index (χ1v) is 6.92. The molecule has 21 heavy (non-hydrogen) atoms. The van der Waals surface area contributed by atoms with Gasteiger partial charge in [0.2, 0.25) is 5.91 Å². The third-order valence-electron chi connectivity index (χ3n) is 2.81. The summed E-state index contributed by atoms with van der Waals surface area (Å²) in [5, 5.41) is 11.4. The first kappa shape index (κ1) is 17.2. The molecule has 2 N–H and O–H groups in total. The van der Waals surface area contributed by atoms with Crippen molar-refractivity contribution in [3.05, 3.63) is 35.9 Å². The Hall–Kier alpha value is -1.88. The second kappa shape index (κ2) is 7.78. The number of hydrogen-bond acceptors (Lipinski definition) is 3. The molecule has 1 unspecified atom stereocenters. The van der Waals surface area contributed by atoms with Gasteiger partial charge in [-0.2, -0.15) is 0 Å².